The Bertz CT molecular complexity index is 729. The minimum atomic E-state index is -1.53. The van der Waals surface area contributed by atoms with E-state index in [0.717, 1.165) is 12.1 Å². The Labute approximate surface area is 135 Å². The van der Waals surface area contributed by atoms with Crippen molar-refractivity contribution in [2.45, 2.75) is 6.61 Å². The van der Waals surface area contributed by atoms with Gasteiger partial charge in [0.25, 0.3) is 0 Å². The van der Waals surface area contributed by atoms with Gasteiger partial charge in [-0.1, -0.05) is 24.3 Å². The summed E-state index contributed by atoms with van der Waals surface area (Å²) in [6.07, 6.45) is 1.48. The van der Waals surface area contributed by atoms with Gasteiger partial charge >= 0.3 is 0 Å². The molecule has 0 spiro atoms. The normalized spacial score (nSPS) is 10.7. The number of ether oxygens (including phenoxy) is 1. The van der Waals surface area contributed by atoms with E-state index in [4.69, 9.17) is 10.5 Å². The highest BCUT2D eigenvalue weighted by Crippen LogP contribution is 2.20. The number of nitrogens with one attached hydrogen (secondary N) is 1. The topological polar surface area (TPSA) is 59.6 Å². The summed E-state index contributed by atoms with van der Waals surface area (Å²) in [7, 11) is 0. The lowest BCUT2D eigenvalue weighted by Crippen LogP contribution is -2.24. The Kier molecular flexibility index (Phi) is 5.53. The van der Waals surface area contributed by atoms with E-state index in [1.807, 2.05) is 0 Å². The summed E-state index contributed by atoms with van der Waals surface area (Å²) in [6.45, 7) is 0.0137. The van der Waals surface area contributed by atoms with Crippen molar-refractivity contribution < 1.29 is 17.9 Å². The van der Waals surface area contributed by atoms with E-state index in [9.17, 15) is 13.2 Å². The number of hydrogen-bond acceptors (Lipinski definition) is 3. The number of benzene rings is 2. The first-order chi connectivity index (χ1) is 11.0. The molecule has 2 aromatic carbocycles. The van der Waals surface area contributed by atoms with Gasteiger partial charge < -0.3 is 10.5 Å². The lowest BCUT2D eigenvalue weighted by atomic mass is 10.1. The van der Waals surface area contributed by atoms with Gasteiger partial charge in [-0.05, 0) is 17.8 Å². The van der Waals surface area contributed by atoms with Crippen molar-refractivity contribution in [2.24, 2.45) is 10.8 Å². The molecule has 0 atom stereocenters. The molecule has 120 valence electrons. The number of halogens is 3. The maximum absolute atomic E-state index is 13.1. The molecule has 0 aliphatic heterocycles. The van der Waals surface area contributed by atoms with Crippen LogP contribution in [0.3, 0.4) is 0 Å². The zero-order chi connectivity index (χ0) is 16.8. The van der Waals surface area contributed by atoms with E-state index in [-0.39, 0.29) is 17.5 Å². The largest absolute Gasteiger partial charge is 0.489 e. The molecule has 0 saturated carbocycles. The van der Waals surface area contributed by atoms with Gasteiger partial charge in [0.1, 0.15) is 12.4 Å². The maximum atomic E-state index is 13.1. The van der Waals surface area contributed by atoms with Gasteiger partial charge in [-0.3, -0.25) is 5.43 Å². The Hall–Kier alpha value is -2.61. The van der Waals surface area contributed by atoms with Crippen molar-refractivity contribution in [3.05, 3.63) is 65.0 Å². The standard InChI is InChI=1S/C15H12F3N3OS/c16-12-5-11(6-13(17)14(12)18)22-8-10-4-2-1-3-9(10)7-20-21-15(19)23/h1-7H,8H2,(H3,19,21,23). The van der Waals surface area contributed by atoms with Crippen molar-refractivity contribution in [3.63, 3.8) is 0 Å². The lowest BCUT2D eigenvalue weighted by molar-refractivity contribution is 0.299. The Morgan fingerprint density at radius 2 is 1.87 bits per heavy atom. The van der Waals surface area contributed by atoms with E-state index in [0.29, 0.717) is 11.1 Å². The van der Waals surface area contributed by atoms with Gasteiger partial charge in [0.15, 0.2) is 22.6 Å². The fourth-order valence-electron chi connectivity index (χ4n) is 1.73. The van der Waals surface area contributed by atoms with Crippen LogP contribution in [0.5, 0.6) is 5.75 Å². The molecule has 0 saturated heterocycles. The summed E-state index contributed by atoms with van der Waals surface area (Å²) in [5.74, 6) is -4.27. The summed E-state index contributed by atoms with van der Waals surface area (Å²) in [5.41, 5.74) is 9.06. The third kappa shape index (κ3) is 4.68. The summed E-state index contributed by atoms with van der Waals surface area (Å²) in [6, 6.07) is 8.62. The molecule has 0 aliphatic carbocycles. The van der Waals surface area contributed by atoms with Crippen LogP contribution in [0.25, 0.3) is 0 Å². The molecule has 8 heteroatoms. The molecule has 4 nitrogen and oxygen atoms in total. The molecule has 0 unspecified atom stereocenters. The fourth-order valence-corrected chi connectivity index (χ4v) is 1.79. The van der Waals surface area contributed by atoms with Gasteiger partial charge in [-0.15, -0.1) is 0 Å². The third-order valence-electron chi connectivity index (χ3n) is 2.79. The van der Waals surface area contributed by atoms with Gasteiger partial charge in [-0.2, -0.15) is 5.10 Å². The Balaban J connectivity index is 2.12. The van der Waals surface area contributed by atoms with E-state index in [1.165, 1.54) is 6.21 Å². The third-order valence-corrected chi connectivity index (χ3v) is 2.88. The first kappa shape index (κ1) is 16.8. The number of nitrogens with two attached hydrogens (primary N) is 1. The molecule has 0 heterocycles. The Morgan fingerprint density at radius 3 is 2.52 bits per heavy atom. The summed E-state index contributed by atoms with van der Waals surface area (Å²) >= 11 is 4.62. The molecule has 0 radical (unpaired) electrons. The number of thiocarbonyl (C=S) groups is 1. The van der Waals surface area contributed by atoms with E-state index in [1.54, 1.807) is 24.3 Å². The maximum Gasteiger partial charge on any atom is 0.194 e. The first-order valence-electron chi connectivity index (χ1n) is 6.41. The van der Waals surface area contributed by atoms with Crippen LogP contribution in [-0.4, -0.2) is 11.3 Å². The lowest BCUT2D eigenvalue weighted by Gasteiger charge is -2.09. The average Bonchev–Trinajstić information content (AvgIpc) is 2.51. The summed E-state index contributed by atoms with van der Waals surface area (Å²) in [5, 5.41) is 3.85. The molecule has 3 N–H and O–H groups in total. The predicted molar refractivity (Wildman–Crippen MR) is 84.6 cm³/mol. The molecule has 0 fully saturated rings. The van der Waals surface area contributed by atoms with Gasteiger partial charge in [0.05, 0.1) is 6.21 Å². The minimum Gasteiger partial charge on any atom is -0.489 e. The fraction of sp³-hybridized carbons (Fsp3) is 0.0667. The molecule has 23 heavy (non-hydrogen) atoms. The summed E-state index contributed by atoms with van der Waals surface area (Å²) < 4.78 is 44.5. The van der Waals surface area contributed by atoms with Crippen molar-refractivity contribution in [1.29, 1.82) is 0 Å². The van der Waals surface area contributed by atoms with Gasteiger partial charge in [0, 0.05) is 17.7 Å². The smallest absolute Gasteiger partial charge is 0.194 e. The minimum absolute atomic E-state index is 0.0137. The van der Waals surface area contributed by atoms with Crippen LogP contribution >= 0.6 is 12.2 Å². The number of nitrogens with zero attached hydrogens (tertiary/aromatic N) is 1. The SMILES string of the molecule is NC(=S)NN=Cc1ccccc1COc1cc(F)c(F)c(F)c1. The van der Waals surface area contributed by atoms with Crippen LogP contribution in [-0.2, 0) is 6.61 Å². The molecule has 0 amide bonds. The second-order valence-electron chi connectivity index (χ2n) is 4.42. The van der Waals surface area contributed by atoms with Crippen LogP contribution in [0, 0.1) is 17.5 Å². The van der Waals surface area contributed by atoms with Crippen LogP contribution in [0.4, 0.5) is 13.2 Å². The monoisotopic (exact) mass is 339 g/mol. The second kappa shape index (κ2) is 7.59. The molecule has 2 aromatic rings. The van der Waals surface area contributed by atoms with Gasteiger partial charge in [-0.25, -0.2) is 13.2 Å². The number of hydrogen-bond donors (Lipinski definition) is 2. The molecular weight excluding hydrogens is 327 g/mol. The van der Waals surface area contributed by atoms with Crippen molar-refractivity contribution in [3.8, 4) is 5.75 Å². The molecule has 2 rings (SSSR count). The highest BCUT2D eigenvalue weighted by Gasteiger charge is 2.11. The highest BCUT2D eigenvalue weighted by molar-refractivity contribution is 7.80. The number of hydrazone groups is 1. The summed E-state index contributed by atoms with van der Waals surface area (Å²) in [4.78, 5) is 0. The highest BCUT2D eigenvalue weighted by atomic mass is 32.1. The van der Waals surface area contributed by atoms with Crippen LogP contribution < -0.4 is 15.9 Å². The van der Waals surface area contributed by atoms with E-state index >= 15 is 0 Å². The van der Waals surface area contributed by atoms with Crippen molar-refractivity contribution in [2.75, 3.05) is 0 Å². The van der Waals surface area contributed by atoms with Crippen molar-refractivity contribution >= 4 is 23.5 Å². The Morgan fingerprint density at radius 1 is 1.22 bits per heavy atom. The quantitative estimate of drug-likeness (QED) is 0.381. The van der Waals surface area contributed by atoms with Crippen LogP contribution in [0.15, 0.2) is 41.5 Å². The first-order valence-corrected chi connectivity index (χ1v) is 6.82. The van der Waals surface area contributed by atoms with E-state index < -0.39 is 17.5 Å². The van der Waals surface area contributed by atoms with Crippen LogP contribution in [0.1, 0.15) is 11.1 Å². The predicted octanol–water partition coefficient (Wildman–Crippen LogP) is 2.85. The molecule has 0 aliphatic rings. The van der Waals surface area contributed by atoms with Gasteiger partial charge in [0.2, 0.25) is 0 Å². The van der Waals surface area contributed by atoms with Crippen molar-refractivity contribution in [1.82, 2.24) is 5.43 Å². The van der Waals surface area contributed by atoms with E-state index in [2.05, 4.69) is 22.7 Å². The second-order valence-corrected chi connectivity index (χ2v) is 4.86. The molecule has 0 bridgehead atoms. The zero-order valence-electron chi connectivity index (χ0n) is 11.7. The molecular formula is C15H12F3N3OS. The van der Waals surface area contributed by atoms with Crippen LogP contribution in [0.2, 0.25) is 0 Å². The molecule has 0 aromatic heterocycles. The number of rotatable bonds is 5. The average molecular weight is 339 g/mol. The zero-order valence-corrected chi connectivity index (χ0v) is 12.5.